The van der Waals surface area contributed by atoms with Crippen LogP contribution in [0.3, 0.4) is 0 Å². The molecular weight excluding hydrogens is 502 g/mol. The fraction of sp³-hybridized carbons (Fsp3) is 0.259. The van der Waals surface area contributed by atoms with E-state index in [4.69, 9.17) is 11.6 Å². The molecular formula is C27H26ClNO6S. The molecule has 1 aliphatic carbocycles. The van der Waals surface area contributed by atoms with Crippen LogP contribution in [0.4, 0.5) is 0 Å². The summed E-state index contributed by atoms with van der Waals surface area (Å²) in [5.41, 5.74) is -1.04. The number of hydrogen-bond donors (Lipinski definition) is 2. The predicted molar refractivity (Wildman–Crippen MR) is 136 cm³/mol. The monoisotopic (exact) mass is 527 g/mol. The molecule has 1 aliphatic rings. The minimum absolute atomic E-state index is 0.0458. The van der Waals surface area contributed by atoms with E-state index >= 15 is 0 Å². The molecule has 0 saturated heterocycles. The fourth-order valence-electron chi connectivity index (χ4n) is 4.41. The summed E-state index contributed by atoms with van der Waals surface area (Å²) in [6.45, 7) is 2.27. The third-order valence-electron chi connectivity index (χ3n) is 6.69. The molecule has 3 aromatic rings. The third kappa shape index (κ3) is 4.64. The third-order valence-corrected chi connectivity index (χ3v) is 8.84. The Morgan fingerprint density at radius 2 is 1.47 bits per heavy atom. The Morgan fingerprint density at radius 1 is 0.944 bits per heavy atom. The van der Waals surface area contributed by atoms with Gasteiger partial charge in [0.25, 0.3) is 0 Å². The molecule has 0 amide bonds. The van der Waals surface area contributed by atoms with Gasteiger partial charge in [0, 0.05) is 17.5 Å². The molecule has 2 N–H and O–H groups in total. The van der Waals surface area contributed by atoms with Crippen molar-refractivity contribution in [1.82, 2.24) is 4.31 Å². The van der Waals surface area contributed by atoms with Crippen LogP contribution in [0.2, 0.25) is 5.02 Å². The van der Waals surface area contributed by atoms with Gasteiger partial charge in [-0.3, -0.25) is 9.59 Å². The quantitative estimate of drug-likeness (QED) is 0.399. The van der Waals surface area contributed by atoms with Crippen molar-refractivity contribution in [2.45, 2.75) is 36.6 Å². The Morgan fingerprint density at radius 3 is 1.97 bits per heavy atom. The predicted octanol–water partition coefficient (Wildman–Crippen LogP) is 5.12. The highest BCUT2D eigenvalue weighted by Gasteiger charge is 2.68. The van der Waals surface area contributed by atoms with Crippen LogP contribution in [0.1, 0.15) is 31.7 Å². The highest BCUT2D eigenvalue weighted by molar-refractivity contribution is 7.89. The van der Waals surface area contributed by atoms with Gasteiger partial charge < -0.3 is 10.2 Å². The minimum atomic E-state index is -4.39. The van der Waals surface area contributed by atoms with Crippen molar-refractivity contribution in [1.29, 1.82) is 0 Å². The number of carboxylic acid groups (broad SMARTS) is 2. The molecule has 9 heteroatoms. The van der Waals surface area contributed by atoms with Gasteiger partial charge in [-0.1, -0.05) is 66.2 Å². The molecule has 2 atom stereocenters. The zero-order valence-corrected chi connectivity index (χ0v) is 21.3. The normalized spacial score (nSPS) is 19.7. The van der Waals surface area contributed by atoms with Crippen molar-refractivity contribution in [3.05, 3.63) is 89.4 Å². The molecule has 3 aromatic carbocycles. The number of carbonyl (C=O) groups is 2. The minimum Gasteiger partial charge on any atom is -0.481 e. The maximum absolute atomic E-state index is 13.9. The first-order valence-corrected chi connectivity index (χ1v) is 13.1. The van der Waals surface area contributed by atoms with Gasteiger partial charge >= 0.3 is 11.9 Å². The number of benzene rings is 3. The molecule has 2 unspecified atom stereocenters. The SMILES string of the molecule is CC(C)(CN(C1(C(=O)O)CC1c1ccccc1)S(=O)(=O)c1ccc(-c2ccc(Cl)cc2)cc1)C(=O)O. The summed E-state index contributed by atoms with van der Waals surface area (Å²) in [7, 11) is -4.39. The summed E-state index contributed by atoms with van der Waals surface area (Å²) in [6, 6.07) is 22.0. The molecule has 1 fully saturated rings. The van der Waals surface area contributed by atoms with E-state index in [1.807, 2.05) is 12.1 Å². The lowest BCUT2D eigenvalue weighted by molar-refractivity contribution is -0.150. The molecule has 188 valence electrons. The van der Waals surface area contributed by atoms with Crippen LogP contribution in [-0.2, 0) is 19.6 Å². The Hall–Kier alpha value is -3.20. The molecule has 0 heterocycles. The molecule has 0 radical (unpaired) electrons. The maximum atomic E-state index is 13.9. The van der Waals surface area contributed by atoms with Crippen molar-refractivity contribution < 1.29 is 28.2 Å². The molecule has 0 aliphatic heterocycles. The summed E-state index contributed by atoms with van der Waals surface area (Å²) in [6.07, 6.45) is 0.0458. The Bertz CT molecular complexity index is 1390. The second kappa shape index (κ2) is 9.35. The van der Waals surface area contributed by atoms with E-state index in [2.05, 4.69) is 0 Å². The van der Waals surface area contributed by atoms with E-state index < -0.39 is 45.4 Å². The molecule has 0 aromatic heterocycles. The lowest BCUT2D eigenvalue weighted by Gasteiger charge is -2.34. The number of hydrogen-bond acceptors (Lipinski definition) is 4. The van der Waals surface area contributed by atoms with Gasteiger partial charge in [0.15, 0.2) is 0 Å². The zero-order valence-electron chi connectivity index (χ0n) is 19.8. The van der Waals surface area contributed by atoms with Crippen LogP contribution in [0.25, 0.3) is 11.1 Å². The van der Waals surface area contributed by atoms with Gasteiger partial charge in [-0.15, -0.1) is 0 Å². The van der Waals surface area contributed by atoms with Crippen LogP contribution in [0, 0.1) is 5.41 Å². The van der Waals surface area contributed by atoms with E-state index in [1.54, 1.807) is 54.6 Å². The van der Waals surface area contributed by atoms with Gasteiger partial charge in [0.05, 0.1) is 10.3 Å². The smallest absolute Gasteiger partial charge is 0.325 e. The number of sulfonamides is 1. The van der Waals surface area contributed by atoms with Crippen molar-refractivity contribution in [3.63, 3.8) is 0 Å². The van der Waals surface area contributed by atoms with Gasteiger partial charge in [0.2, 0.25) is 10.0 Å². The first kappa shape index (κ1) is 25.9. The molecule has 1 saturated carbocycles. The summed E-state index contributed by atoms with van der Waals surface area (Å²) < 4.78 is 28.8. The van der Waals surface area contributed by atoms with Crippen molar-refractivity contribution in [3.8, 4) is 11.1 Å². The maximum Gasteiger partial charge on any atom is 0.325 e. The van der Waals surface area contributed by atoms with Gasteiger partial charge in [-0.25, -0.2) is 8.42 Å². The summed E-state index contributed by atoms with van der Waals surface area (Å²) in [4.78, 5) is 24.5. The first-order valence-electron chi connectivity index (χ1n) is 11.3. The standard InChI is InChI=1S/C27H26ClNO6S/c1-26(2,24(30)31)17-29(27(25(32)33)16-23(27)20-6-4-3-5-7-20)36(34,35)22-14-10-19(11-15-22)18-8-12-21(28)13-9-18/h3-15,23H,16-17H2,1-2H3,(H,30,31)(H,32,33). The summed E-state index contributed by atoms with van der Waals surface area (Å²) >= 11 is 5.95. The molecule has 7 nitrogen and oxygen atoms in total. The Balaban J connectivity index is 1.78. The van der Waals surface area contributed by atoms with Gasteiger partial charge in [0.1, 0.15) is 5.54 Å². The van der Waals surface area contributed by atoms with Gasteiger partial charge in [-0.2, -0.15) is 4.31 Å². The van der Waals surface area contributed by atoms with Crippen LogP contribution in [0.15, 0.2) is 83.8 Å². The number of aliphatic carboxylic acids is 2. The largest absolute Gasteiger partial charge is 0.481 e. The number of rotatable bonds is 9. The average molecular weight is 528 g/mol. The van der Waals surface area contributed by atoms with Crippen LogP contribution in [-0.4, -0.2) is 47.0 Å². The second-order valence-electron chi connectivity index (χ2n) is 9.63. The Kier molecular flexibility index (Phi) is 6.72. The van der Waals surface area contributed by atoms with Crippen LogP contribution >= 0.6 is 11.6 Å². The number of carboxylic acids is 2. The highest BCUT2D eigenvalue weighted by atomic mass is 35.5. The van der Waals surface area contributed by atoms with Gasteiger partial charge in [-0.05, 0) is 61.2 Å². The van der Waals surface area contributed by atoms with E-state index in [0.717, 1.165) is 15.4 Å². The van der Waals surface area contributed by atoms with Crippen LogP contribution < -0.4 is 0 Å². The lowest BCUT2D eigenvalue weighted by atomic mass is 9.93. The zero-order chi connectivity index (χ0) is 26.3. The fourth-order valence-corrected chi connectivity index (χ4v) is 6.47. The lowest BCUT2D eigenvalue weighted by Crippen LogP contribution is -2.53. The van der Waals surface area contributed by atoms with E-state index in [-0.39, 0.29) is 11.3 Å². The summed E-state index contributed by atoms with van der Waals surface area (Å²) in [5, 5.41) is 20.6. The number of nitrogens with zero attached hydrogens (tertiary/aromatic N) is 1. The highest BCUT2D eigenvalue weighted by Crippen LogP contribution is 2.57. The van der Waals surface area contributed by atoms with E-state index in [9.17, 15) is 28.2 Å². The van der Waals surface area contributed by atoms with E-state index in [0.29, 0.717) is 10.6 Å². The molecule has 4 rings (SSSR count). The average Bonchev–Trinajstić information content (AvgIpc) is 3.60. The van der Waals surface area contributed by atoms with Crippen LogP contribution in [0.5, 0.6) is 0 Å². The summed E-state index contributed by atoms with van der Waals surface area (Å²) in [5.74, 6) is -3.14. The van der Waals surface area contributed by atoms with Crippen molar-refractivity contribution in [2.75, 3.05) is 6.54 Å². The first-order chi connectivity index (χ1) is 16.9. The number of halogens is 1. The topological polar surface area (TPSA) is 112 Å². The van der Waals surface area contributed by atoms with Crippen molar-refractivity contribution in [2.24, 2.45) is 5.41 Å². The van der Waals surface area contributed by atoms with E-state index in [1.165, 1.54) is 26.0 Å². The molecule has 0 spiro atoms. The van der Waals surface area contributed by atoms with Crippen molar-refractivity contribution >= 4 is 33.6 Å². The molecule has 36 heavy (non-hydrogen) atoms. The Labute approximate surface area is 215 Å². The molecule has 0 bridgehead atoms. The second-order valence-corrected chi connectivity index (χ2v) is 11.9.